The van der Waals surface area contributed by atoms with Crippen molar-refractivity contribution in [1.82, 2.24) is 14.5 Å². The van der Waals surface area contributed by atoms with Gasteiger partial charge in [0.25, 0.3) is 5.56 Å². The Kier molecular flexibility index (Phi) is 5.87. The Labute approximate surface area is 194 Å². The molecule has 6 nitrogen and oxygen atoms in total. The first-order chi connectivity index (χ1) is 15.6. The molecule has 8 heteroatoms. The maximum Gasteiger partial charge on any atom is 0.275 e. The van der Waals surface area contributed by atoms with Crippen molar-refractivity contribution in [1.29, 1.82) is 0 Å². The van der Waals surface area contributed by atoms with Crippen molar-refractivity contribution < 1.29 is 5.11 Å². The van der Waals surface area contributed by atoms with Crippen molar-refractivity contribution in [2.45, 2.75) is 12.8 Å². The number of aromatic hydroxyl groups is 1. The summed E-state index contributed by atoms with van der Waals surface area (Å²) in [6.45, 7) is 4.01. The molecule has 0 atom stereocenters. The normalized spacial score (nSPS) is 14.3. The SMILES string of the molecule is O=c1c2sc(-c3ccc(Cl)cc3)cc2ncn1-c1ccc(NCCN2CCCC2)c(O)c1. The van der Waals surface area contributed by atoms with Crippen LogP contribution in [-0.2, 0) is 0 Å². The Bertz CT molecular complexity index is 1310. The number of fused-ring (bicyclic) bond motifs is 1. The van der Waals surface area contributed by atoms with Crippen molar-refractivity contribution in [3.8, 4) is 21.9 Å². The van der Waals surface area contributed by atoms with Gasteiger partial charge in [-0.2, -0.15) is 0 Å². The summed E-state index contributed by atoms with van der Waals surface area (Å²) in [5.74, 6) is 0.115. The predicted octanol–water partition coefficient (Wildman–Crippen LogP) is 4.98. The molecular formula is C24H23ClN4O2S. The quantitative estimate of drug-likeness (QED) is 0.392. The van der Waals surface area contributed by atoms with E-state index >= 15 is 0 Å². The van der Waals surface area contributed by atoms with Gasteiger partial charge in [-0.25, -0.2) is 4.98 Å². The number of phenolic OH excluding ortho intramolecular Hbond substituents is 1. The van der Waals surface area contributed by atoms with Crippen LogP contribution < -0.4 is 10.9 Å². The number of anilines is 1. The number of phenols is 1. The first-order valence-electron chi connectivity index (χ1n) is 10.7. The number of likely N-dealkylation sites (tertiary alicyclic amines) is 1. The van der Waals surface area contributed by atoms with E-state index in [-0.39, 0.29) is 11.3 Å². The third-order valence-electron chi connectivity index (χ3n) is 5.77. The molecule has 0 bridgehead atoms. The number of benzene rings is 2. The van der Waals surface area contributed by atoms with Crippen LogP contribution in [0.25, 0.3) is 26.3 Å². The molecule has 32 heavy (non-hydrogen) atoms. The summed E-state index contributed by atoms with van der Waals surface area (Å²) >= 11 is 7.39. The summed E-state index contributed by atoms with van der Waals surface area (Å²) in [6.07, 6.45) is 4.04. The smallest absolute Gasteiger partial charge is 0.275 e. The second-order valence-electron chi connectivity index (χ2n) is 7.93. The number of hydrogen-bond acceptors (Lipinski definition) is 6. The second kappa shape index (κ2) is 8.94. The highest BCUT2D eigenvalue weighted by atomic mass is 35.5. The fourth-order valence-corrected chi connectivity index (χ4v) is 5.20. The Balaban J connectivity index is 1.39. The average Bonchev–Trinajstić information content (AvgIpc) is 3.46. The molecule has 0 amide bonds. The highest BCUT2D eigenvalue weighted by Crippen LogP contribution is 2.32. The van der Waals surface area contributed by atoms with Gasteiger partial charge in [0.05, 0.1) is 16.9 Å². The minimum Gasteiger partial charge on any atom is -0.506 e. The van der Waals surface area contributed by atoms with Gasteiger partial charge in [-0.1, -0.05) is 23.7 Å². The van der Waals surface area contributed by atoms with Crippen LogP contribution in [0.2, 0.25) is 5.02 Å². The molecule has 5 rings (SSSR count). The maximum absolute atomic E-state index is 13.2. The number of aromatic nitrogens is 2. The summed E-state index contributed by atoms with van der Waals surface area (Å²) in [6, 6.07) is 14.7. The molecular weight excluding hydrogens is 444 g/mol. The topological polar surface area (TPSA) is 70.4 Å². The standard InChI is InChI=1S/C24H23ClN4O2S/c25-17-5-3-16(4-6-17)22-14-20-23(32-22)24(31)29(15-27-20)18-7-8-19(21(30)13-18)26-9-12-28-10-1-2-11-28/h3-8,13-15,26,30H,1-2,9-12H2. The zero-order valence-electron chi connectivity index (χ0n) is 17.4. The summed E-state index contributed by atoms with van der Waals surface area (Å²) in [4.78, 5) is 21.0. The van der Waals surface area contributed by atoms with Gasteiger partial charge in [-0.3, -0.25) is 9.36 Å². The van der Waals surface area contributed by atoms with E-state index in [1.807, 2.05) is 36.4 Å². The first-order valence-corrected chi connectivity index (χ1v) is 11.8. The third-order valence-corrected chi connectivity index (χ3v) is 7.18. The highest BCUT2D eigenvalue weighted by molar-refractivity contribution is 7.22. The van der Waals surface area contributed by atoms with Crippen LogP contribution in [-0.4, -0.2) is 45.7 Å². The van der Waals surface area contributed by atoms with E-state index in [0.29, 0.717) is 26.6 Å². The lowest BCUT2D eigenvalue weighted by Crippen LogP contribution is -2.26. The van der Waals surface area contributed by atoms with Crippen molar-refractivity contribution in [3.63, 3.8) is 0 Å². The highest BCUT2D eigenvalue weighted by Gasteiger charge is 2.14. The van der Waals surface area contributed by atoms with Gasteiger partial charge in [0, 0.05) is 29.1 Å². The van der Waals surface area contributed by atoms with Gasteiger partial charge in [-0.15, -0.1) is 11.3 Å². The van der Waals surface area contributed by atoms with E-state index in [1.165, 1.54) is 35.1 Å². The van der Waals surface area contributed by atoms with Crippen LogP contribution >= 0.6 is 22.9 Å². The molecule has 2 aromatic carbocycles. The molecule has 164 valence electrons. The summed E-state index contributed by atoms with van der Waals surface area (Å²) in [7, 11) is 0. The van der Waals surface area contributed by atoms with E-state index in [9.17, 15) is 9.90 Å². The fraction of sp³-hybridized carbons (Fsp3) is 0.250. The van der Waals surface area contributed by atoms with E-state index in [4.69, 9.17) is 11.6 Å². The Morgan fingerprint density at radius 1 is 1.09 bits per heavy atom. The van der Waals surface area contributed by atoms with E-state index < -0.39 is 0 Å². The molecule has 2 N–H and O–H groups in total. The van der Waals surface area contributed by atoms with Crippen LogP contribution in [0.4, 0.5) is 5.69 Å². The van der Waals surface area contributed by atoms with Gasteiger partial charge in [0.15, 0.2) is 0 Å². The van der Waals surface area contributed by atoms with Crippen LogP contribution in [0.3, 0.4) is 0 Å². The number of hydrogen-bond donors (Lipinski definition) is 2. The monoisotopic (exact) mass is 466 g/mol. The molecule has 1 fully saturated rings. The molecule has 4 aromatic rings. The van der Waals surface area contributed by atoms with Gasteiger partial charge in [-0.05, 0) is 61.8 Å². The molecule has 0 unspecified atom stereocenters. The van der Waals surface area contributed by atoms with E-state index in [2.05, 4.69) is 15.2 Å². The number of rotatable bonds is 6. The van der Waals surface area contributed by atoms with Crippen molar-refractivity contribution in [2.75, 3.05) is 31.5 Å². The fourth-order valence-electron chi connectivity index (χ4n) is 4.03. The van der Waals surface area contributed by atoms with E-state index in [1.54, 1.807) is 12.1 Å². The summed E-state index contributed by atoms with van der Waals surface area (Å²) < 4.78 is 2.04. The molecule has 1 aliphatic heterocycles. The first kappa shape index (κ1) is 21.0. The molecule has 0 aliphatic carbocycles. The molecule has 1 saturated heterocycles. The molecule has 1 aliphatic rings. The zero-order valence-corrected chi connectivity index (χ0v) is 19.0. The van der Waals surface area contributed by atoms with Gasteiger partial charge in [0.2, 0.25) is 0 Å². The molecule has 3 heterocycles. The zero-order chi connectivity index (χ0) is 22.1. The van der Waals surface area contributed by atoms with Crippen molar-refractivity contribution in [3.05, 3.63) is 70.2 Å². The van der Waals surface area contributed by atoms with Gasteiger partial charge >= 0.3 is 0 Å². The van der Waals surface area contributed by atoms with Crippen molar-refractivity contribution in [2.24, 2.45) is 0 Å². The minimum absolute atomic E-state index is 0.115. The lowest BCUT2D eigenvalue weighted by atomic mass is 10.2. The van der Waals surface area contributed by atoms with Crippen LogP contribution in [0, 0.1) is 0 Å². The lowest BCUT2D eigenvalue weighted by Gasteiger charge is -2.16. The number of nitrogens with one attached hydrogen (secondary N) is 1. The predicted molar refractivity (Wildman–Crippen MR) is 131 cm³/mol. The minimum atomic E-state index is -0.158. The Morgan fingerprint density at radius 3 is 2.62 bits per heavy atom. The van der Waals surface area contributed by atoms with Crippen LogP contribution in [0.5, 0.6) is 5.75 Å². The molecule has 0 spiro atoms. The summed E-state index contributed by atoms with van der Waals surface area (Å²) in [5, 5.41) is 14.5. The maximum atomic E-state index is 13.2. The van der Waals surface area contributed by atoms with Crippen LogP contribution in [0.15, 0.2) is 59.7 Å². The number of thiophene rings is 1. The molecule has 0 radical (unpaired) electrons. The average molecular weight is 467 g/mol. The van der Waals surface area contributed by atoms with Crippen molar-refractivity contribution >= 4 is 38.8 Å². The molecule has 2 aromatic heterocycles. The summed E-state index contributed by atoms with van der Waals surface area (Å²) in [5.41, 5.74) is 2.73. The largest absolute Gasteiger partial charge is 0.506 e. The number of nitrogens with zero attached hydrogens (tertiary/aromatic N) is 3. The Hall–Kier alpha value is -2.87. The van der Waals surface area contributed by atoms with Gasteiger partial charge in [0.1, 0.15) is 16.8 Å². The third kappa shape index (κ3) is 4.24. The number of halogens is 1. The Morgan fingerprint density at radius 2 is 1.88 bits per heavy atom. The molecule has 0 saturated carbocycles. The van der Waals surface area contributed by atoms with E-state index in [0.717, 1.165) is 36.6 Å². The lowest BCUT2D eigenvalue weighted by molar-refractivity contribution is 0.352. The van der Waals surface area contributed by atoms with Crippen LogP contribution in [0.1, 0.15) is 12.8 Å². The second-order valence-corrected chi connectivity index (χ2v) is 9.42. The van der Waals surface area contributed by atoms with Gasteiger partial charge < -0.3 is 15.3 Å².